The Morgan fingerprint density at radius 2 is 2.06 bits per heavy atom. The van der Waals surface area contributed by atoms with Gasteiger partial charge in [0, 0.05) is 35.9 Å². The molecule has 1 aromatic rings. The van der Waals surface area contributed by atoms with Crippen molar-refractivity contribution in [2.24, 2.45) is 0 Å². The van der Waals surface area contributed by atoms with Crippen molar-refractivity contribution in [1.29, 1.82) is 0 Å². The van der Waals surface area contributed by atoms with Crippen LogP contribution in [0.3, 0.4) is 0 Å². The van der Waals surface area contributed by atoms with Gasteiger partial charge in [-0.3, -0.25) is 0 Å². The molecule has 0 spiro atoms. The minimum Gasteiger partial charge on any atom is -0.349 e. The summed E-state index contributed by atoms with van der Waals surface area (Å²) in [6, 6.07) is 2.08. The summed E-state index contributed by atoms with van der Waals surface area (Å²) in [4.78, 5) is 6.62. The molecule has 0 aliphatic rings. The highest BCUT2D eigenvalue weighted by Crippen LogP contribution is 2.21. The van der Waals surface area contributed by atoms with Gasteiger partial charge in [0.2, 0.25) is 0 Å². The molecule has 1 N–H and O–H groups in total. The molecule has 92 valence electrons. The van der Waals surface area contributed by atoms with Gasteiger partial charge >= 0.3 is 0 Å². The van der Waals surface area contributed by atoms with E-state index in [4.69, 9.17) is 0 Å². The topological polar surface area (TPSA) is 28.2 Å². The van der Waals surface area contributed by atoms with Gasteiger partial charge in [0.15, 0.2) is 0 Å². The maximum atomic E-state index is 4.48. The summed E-state index contributed by atoms with van der Waals surface area (Å²) in [6.07, 6.45) is 5.56. The minimum absolute atomic E-state index is 0.761. The third-order valence-electron chi connectivity index (χ3n) is 2.28. The third-order valence-corrected chi connectivity index (χ3v) is 2.71. The van der Waals surface area contributed by atoms with Crippen molar-refractivity contribution in [1.82, 2.24) is 10.3 Å². The molecule has 0 atom stereocenters. The van der Waals surface area contributed by atoms with Gasteiger partial charge < -0.3 is 10.2 Å². The van der Waals surface area contributed by atoms with Gasteiger partial charge in [-0.1, -0.05) is 12.2 Å². The van der Waals surface area contributed by atoms with E-state index in [1.54, 1.807) is 0 Å². The van der Waals surface area contributed by atoms with Crippen LogP contribution in [-0.2, 0) is 6.54 Å². The quantitative estimate of drug-likeness (QED) is 0.784. The van der Waals surface area contributed by atoms with Crippen LogP contribution in [0.15, 0.2) is 42.0 Å². The van der Waals surface area contributed by atoms with Crippen LogP contribution in [0.5, 0.6) is 0 Å². The lowest BCUT2D eigenvalue weighted by Gasteiger charge is -2.23. The predicted octanol–water partition coefficient (Wildman–Crippen LogP) is 2.74. The molecular formula is C13H18BrN3. The van der Waals surface area contributed by atoms with Crippen LogP contribution in [-0.4, -0.2) is 25.1 Å². The first kappa shape index (κ1) is 13.9. The highest BCUT2D eigenvalue weighted by atomic mass is 79.9. The zero-order valence-electron chi connectivity index (χ0n) is 10.1. The van der Waals surface area contributed by atoms with Crippen molar-refractivity contribution in [3.63, 3.8) is 0 Å². The summed E-state index contributed by atoms with van der Waals surface area (Å²) in [5.41, 5.74) is 1.16. The molecule has 4 heteroatoms. The number of rotatable bonds is 7. The van der Waals surface area contributed by atoms with Crippen molar-refractivity contribution in [3.8, 4) is 0 Å². The average Bonchev–Trinajstić information content (AvgIpc) is 2.30. The number of anilines is 1. The zero-order chi connectivity index (χ0) is 12.7. The summed E-state index contributed by atoms with van der Waals surface area (Å²) in [6.45, 7) is 9.85. The Labute approximate surface area is 111 Å². The highest BCUT2D eigenvalue weighted by molar-refractivity contribution is 9.10. The van der Waals surface area contributed by atoms with Crippen LogP contribution < -0.4 is 10.2 Å². The number of nitrogens with one attached hydrogen (secondary N) is 1. The maximum absolute atomic E-state index is 4.48. The molecule has 17 heavy (non-hydrogen) atoms. The SMILES string of the molecule is C=CCN(CC=C)c1ncc(Br)cc1CNC. The summed E-state index contributed by atoms with van der Waals surface area (Å²) in [5.74, 6) is 0.974. The van der Waals surface area contributed by atoms with Gasteiger partial charge in [0.1, 0.15) is 5.82 Å². The van der Waals surface area contributed by atoms with Crippen molar-refractivity contribution in [2.75, 3.05) is 25.0 Å². The van der Waals surface area contributed by atoms with Gasteiger partial charge in [-0.15, -0.1) is 13.2 Å². The second-order valence-corrected chi connectivity index (χ2v) is 4.56. The number of aromatic nitrogens is 1. The third kappa shape index (κ3) is 3.98. The molecule has 0 aliphatic heterocycles. The fourth-order valence-corrected chi connectivity index (χ4v) is 2.02. The predicted molar refractivity (Wildman–Crippen MR) is 77.3 cm³/mol. The van der Waals surface area contributed by atoms with E-state index in [2.05, 4.69) is 50.4 Å². The number of hydrogen-bond donors (Lipinski definition) is 1. The van der Waals surface area contributed by atoms with Crippen molar-refractivity contribution in [2.45, 2.75) is 6.54 Å². The molecule has 1 rings (SSSR count). The number of nitrogens with zero attached hydrogens (tertiary/aromatic N) is 2. The lowest BCUT2D eigenvalue weighted by atomic mass is 10.2. The first-order chi connectivity index (χ1) is 8.22. The molecule has 0 aliphatic carbocycles. The fraction of sp³-hybridized carbons (Fsp3) is 0.308. The average molecular weight is 296 g/mol. The Balaban J connectivity index is 3.06. The molecule has 1 heterocycles. The van der Waals surface area contributed by atoms with Crippen LogP contribution >= 0.6 is 15.9 Å². The van der Waals surface area contributed by atoms with Crippen molar-refractivity contribution in [3.05, 3.63) is 47.6 Å². The van der Waals surface area contributed by atoms with E-state index in [1.807, 2.05) is 25.4 Å². The van der Waals surface area contributed by atoms with Crippen LogP contribution in [0.2, 0.25) is 0 Å². The Morgan fingerprint density at radius 1 is 1.41 bits per heavy atom. The van der Waals surface area contributed by atoms with Crippen LogP contribution in [0.1, 0.15) is 5.56 Å². The van der Waals surface area contributed by atoms with Crippen molar-refractivity contribution >= 4 is 21.7 Å². The minimum atomic E-state index is 0.761. The Hall–Kier alpha value is -1.13. The summed E-state index contributed by atoms with van der Waals surface area (Å²) >= 11 is 3.44. The molecule has 0 radical (unpaired) electrons. The van der Waals surface area contributed by atoms with E-state index in [0.717, 1.165) is 35.5 Å². The first-order valence-electron chi connectivity index (χ1n) is 5.48. The molecule has 0 unspecified atom stereocenters. The molecule has 0 aromatic carbocycles. The lowest BCUT2D eigenvalue weighted by molar-refractivity contribution is 0.798. The van der Waals surface area contributed by atoms with E-state index in [9.17, 15) is 0 Å². The zero-order valence-corrected chi connectivity index (χ0v) is 11.7. The summed E-state index contributed by atoms with van der Waals surface area (Å²) < 4.78 is 0.989. The molecule has 0 bridgehead atoms. The van der Waals surface area contributed by atoms with E-state index >= 15 is 0 Å². The number of hydrogen-bond acceptors (Lipinski definition) is 3. The second-order valence-electron chi connectivity index (χ2n) is 3.65. The van der Waals surface area contributed by atoms with E-state index in [1.165, 1.54) is 0 Å². The molecule has 0 saturated carbocycles. The van der Waals surface area contributed by atoms with Gasteiger partial charge in [0.05, 0.1) is 0 Å². The van der Waals surface area contributed by atoms with E-state index in [0.29, 0.717) is 0 Å². The fourth-order valence-electron chi connectivity index (χ4n) is 1.64. The normalized spacial score (nSPS) is 10.0. The molecular weight excluding hydrogens is 278 g/mol. The molecule has 0 saturated heterocycles. The van der Waals surface area contributed by atoms with Gasteiger partial charge in [-0.2, -0.15) is 0 Å². The monoisotopic (exact) mass is 295 g/mol. The lowest BCUT2D eigenvalue weighted by Crippen LogP contribution is -2.26. The number of pyridine rings is 1. The van der Waals surface area contributed by atoms with Crippen LogP contribution in [0.25, 0.3) is 0 Å². The number of halogens is 1. The second kappa shape index (κ2) is 7.25. The Bertz CT molecular complexity index is 380. The molecule has 0 fully saturated rings. The molecule has 1 aromatic heterocycles. The van der Waals surface area contributed by atoms with Gasteiger partial charge in [-0.05, 0) is 29.0 Å². The molecule has 0 amide bonds. The Kier molecular flexibility index (Phi) is 5.94. The smallest absolute Gasteiger partial charge is 0.133 e. The van der Waals surface area contributed by atoms with Gasteiger partial charge in [-0.25, -0.2) is 4.98 Å². The van der Waals surface area contributed by atoms with Crippen LogP contribution in [0.4, 0.5) is 5.82 Å². The standard InChI is InChI=1S/C13H18BrN3/c1-4-6-17(7-5-2)13-11(9-15-3)8-12(14)10-16-13/h4-5,8,10,15H,1-2,6-7,9H2,3H3. The van der Waals surface area contributed by atoms with Gasteiger partial charge in [0.25, 0.3) is 0 Å². The molecule has 3 nitrogen and oxygen atoms in total. The highest BCUT2D eigenvalue weighted by Gasteiger charge is 2.10. The van der Waals surface area contributed by atoms with E-state index < -0.39 is 0 Å². The largest absolute Gasteiger partial charge is 0.349 e. The Morgan fingerprint density at radius 3 is 2.59 bits per heavy atom. The first-order valence-corrected chi connectivity index (χ1v) is 6.28. The van der Waals surface area contributed by atoms with Crippen molar-refractivity contribution < 1.29 is 0 Å². The summed E-state index contributed by atoms with van der Waals surface area (Å²) in [7, 11) is 1.93. The van der Waals surface area contributed by atoms with E-state index in [-0.39, 0.29) is 0 Å². The van der Waals surface area contributed by atoms with Crippen LogP contribution in [0, 0.1) is 0 Å². The maximum Gasteiger partial charge on any atom is 0.133 e. The summed E-state index contributed by atoms with van der Waals surface area (Å²) in [5, 5.41) is 3.15.